The van der Waals surface area contributed by atoms with Gasteiger partial charge in [0.2, 0.25) is 5.91 Å². The van der Waals surface area contributed by atoms with Crippen molar-refractivity contribution in [1.29, 1.82) is 0 Å². The molecule has 118 valence electrons. The van der Waals surface area contributed by atoms with E-state index >= 15 is 0 Å². The van der Waals surface area contributed by atoms with Gasteiger partial charge in [-0.15, -0.1) is 11.3 Å². The lowest BCUT2D eigenvalue weighted by atomic mass is 10.1. The van der Waals surface area contributed by atoms with Gasteiger partial charge in [0.25, 0.3) is 0 Å². The highest BCUT2D eigenvalue weighted by atomic mass is 32.1. The molecule has 3 heterocycles. The van der Waals surface area contributed by atoms with Crippen molar-refractivity contribution < 1.29 is 4.79 Å². The summed E-state index contributed by atoms with van der Waals surface area (Å²) in [6, 6.07) is 6.09. The third-order valence-electron chi connectivity index (χ3n) is 4.14. The summed E-state index contributed by atoms with van der Waals surface area (Å²) in [5, 5.41) is 7.89. The standard InChI is InChI=1S/C17H17N3OS2/c21-16(19-17-18-13-4-3-5-15(13)23-17)10-14(12-6-9-22-11-12)20-7-1-2-8-20/h1-2,6-9,11,14H,3-5,10H2,(H,18,19,21)/t14-/m0/s1. The second-order valence-corrected chi connectivity index (χ2v) is 7.56. The number of nitrogens with zero attached hydrogens (tertiary/aromatic N) is 2. The Morgan fingerprint density at radius 1 is 1.35 bits per heavy atom. The van der Waals surface area contributed by atoms with Crippen LogP contribution in [0.2, 0.25) is 0 Å². The lowest BCUT2D eigenvalue weighted by Crippen LogP contribution is -2.19. The molecule has 0 aliphatic heterocycles. The second kappa shape index (κ2) is 6.29. The van der Waals surface area contributed by atoms with Gasteiger partial charge < -0.3 is 9.88 Å². The van der Waals surface area contributed by atoms with Gasteiger partial charge in [0.05, 0.1) is 18.2 Å². The molecule has 3 aromatic heterocycles. The van der Waals surface area contributed by atoms with E-state index in [0.29, 0.717) is 6.42 Å². The van der Waals surface area contributed by atoms with E-state index in [-0.39, 0.29) is 11.9 Å². The summed E-state index contributed by atoms with van der Waals surface area (Å²) in [6.07, 6.45) is 7.76. The number of thiazole rings is 1. The summed E-state index contributed by atoms with van der Waals surface area (Å²) < 4.78 is 2.09. The molecule has 0 unspecified atom stereocenters. The van der Waals surface area contributed by atoms with E-state index in [1.807, 2.05) is 24.5 Å². The van der Waals surface area contributed by atoms with Gasteiger partial charge in [0, 0.05) is 17.3 Å². The quantitative estimate of drug-likeness (QED) is 0.758. The third kappa shape index (κ3) is 3.09. The van der Waals surface area contributed by atoms with E-state index < -0.39 is 0 Å². The number of carbonyl (C=O) groups is 1. The van der Waals surface area contributed by atoms with Crippen LogP contribution in [0, 0.1) is 0 Å². The van der Waals surface area contributed by atoms with Crippen LogP contribution in [-0.4, -0.2) is 15.5 Å². The minimum Gasteiger partial charge on any atom is -0.346 e. The Bertz CT molecular complexity index is 734. The average molecular weight is 343 g/mol. The molecule has 0 bridgehead atoms. The number of hydrogen-bond acceptors (Lipinski definition) is 4. The monoisotopic (exact) mass is 343 g/mol. The molecular weight excluding hydrogens is 326 g/mol. The summed E-state index contributed by atoms with van der Waals surface area (Å²) in [7, 11) is 0. The molecule has 3 aromatic rings. The van der Waals surface area contributed by atoms with Gasteiger partial charge in [-0.2, -0.15) is 11.3 Å². The molecule has 4 nitrogen and oxygen atoms in total. The largest absolute Gasteiger partial charge is 0.346 e. The van der Waals surface area contributed by atoms with Gasteiger partial charge >= 0.3 is 0 Å². The van der Waals surface area contributed by atoms with Crippen molar-refractivity contribution in [3.63, 3.8) is 0 Å². The Kier molecular flexibility index (Phi) is 4.01. The zero-order valence-corrected chi connectivity index (χ0v) is 14.2. The van der Waals surface area contributed by atoms with Gasteiger partial charge in [-0.3, -0.25) is 4.79 Å². The van der Waals surface area contributed by atoms with Crippen molar-refractivity contribution >= 4 is 33.7 Å². The van der Waals surface area contributed by atoms with Crippen molar-refractivity contribution in [2.24, 2.45) is 0 Å². The van der Waals surface area contributed by atoms with Crippen LogP contribution >= 0.6 is 22.7 Å². The molecule has 1 amide bonds. The normalized spacial score (nSPS) is 14.6. The Labute approximate surface area is 142 Å². The molecule has 0 spiro atoms. The molecule has 1 atom stereocenters. The van der Waals surface area contributed by atoms with Crippen molar-refractivity contribution in [3.05, 3.63) is 57.5 Å². The predicted molar refractivity (Wildman–Crippen MR) is 94.3 cm³/mol. The van der Waals surface area contributed by atoms with Crippen molar-refractivity contribution in [3.8, 4) is 0 Å². The van der Waals surface area contributed by atoms with Gasteiger partial charge in [-0.25, -0.2) is 4.98 Å². The summed E-state index contributed by atoms with van der Waals surface area (Å²) in [5.74, 6) is 0.0160. The minimum absolute atomic E-state index is 0.0160. The van der Waals surface area contributed by atoms with E-state index in [4.69, 9.17) is 0 Å². The van der Waals surface area contributed by atoms with Gasteiger partial charge in [0.15, 0.2) is 5.13 Å². The maximum absolute atomic E-state index is 12.5. The highest BCUT2D eigenvalue weighted by molar-refractivity contribution is 7.15. The maximum atomic E-state index is 12.5. The maximum Gasteiger partial charge on any atom is 0.228 e. The topological polar surface area (TPSA) is 46.9 Å². The molecule has 0 radical (unpaired) electrons. The third-order valence-corrected chi connectivity index (χ3v) is 5.91. The van der Waals surface area contributed by atoms with E-state index in [9.17, 15) is 4.79 Å². The lowest BCUT2D eigenvalue weighted by Gasteiger charge is -2.17. The molecule has 0 fully saturated rings. The van der Waals surface area contributed by atoms with Gasteiger partial charge in [-0.1, -0.05) is 0 Å². The number of aryl methyl sites for hydroxylation is 2. The van der Waals surface area contributed by atoms with Gasteiger partial charge in [0.1, 0.15) is 0 Å². The lowest BCUT2D eigenvalue weighted by molar-refractivity contribution is -0.116. The number of nitrogens with one attached hydrogen (secondary N) is 1. The molecule has 0 saturated heterocycles. The average Bonchev–Trinajstić information content (AvgIpc) is 3.28. The van der Waals surface area contributed by atoms with Crippen molar-refractivity contribution in [2.45, 2.75) is 31.7 Å². The number of anilines is 1. The van der Waals surface area contributed by atoms with E-state index in [1.165, 1.54) is 22.6 Å². The Morgan fingerprint density at radius 2 is 2.22 bits per heavy atom. The van der Waals surface area contributed by atoms with Crippen LogP contribution < -0.4 is 5.32 Å². The van der Waals surface area contributed by atoms with Crippen molar-refractivity contribution in [2.75, 3.05) is 5.32 Å². The fourth-order valence-electron chi connectivity index (χ4n) is 3.01. The smallest absolute Gasteiger partial charge is 0.228 e. The number of fused-ring (bicyclic) bond motifs is 1. The molecule has 1 aliphatic rings. The van der Waals surface area contributed by atoms with Crippen LogP contribution in [0.25, 0.3) is 0 Å². The highest BCUT2D eigenvalue weighted by Gasteiger charge is 2.21. The molecule has 0 saturated carbocycles. The Hall–Kier alpha value is -1.92. The number of aromatic nitrogens is 2. The highest BCUT2D eigenvalue weighted by Crippen LogP contribution is 2.31. The van der Waals surface area contributed by atoms with Crippen LogP contribution in [0.15, 0.2) is 41.4 Å². The van der Waals surface area contributed by atoms with Crippen LogP contribution in [0.3, 0.4) is 0 Å². The summed E-state index contributed by atoms with van der Waals surface area (Å²) in [4.78, 5) is 18.4. The molecule has 1 aliphatic carbocycles. The SMILES string of the molecule is O=C(C[C@@H](c1ccsc1)n1cccc1)Nc1nc2c(s1)CCC2. The Balaban J connectivity index is 1.49. The fourth-order valence-corrected chi connectivity index (χ4v) is 4.78. The first-order chi connectivity index (χ1) is 11.3. The number of amides is 1. The Morgan fingerprint density at radius 3 is 2.96 bits per heavy atom. The number of rotatable bonds is 5. The zero-order chi connectivity index (χ0) is 15.6. The van der Waals surface area contributed by atoms with Crippen LogP contribution in [-0.2, 0) is 17.6 Å². The number of hydrogen-bond donors (Lipinski definition) is 1. The minimum atomic E-state index is 0.0160. The molecule has 6 heteroatoms. The fraction of sp³-hybridized carbons (Fsp3) is 0.294. The molecular formula is C17H17N3OS2. The first-order valence-corrected chi connectivity index (χ1v) is 9.48. The molecule has 23 heavy (non-hydrogen) atoms. The predicted octanol–water partition coefficient (Wildman–Crippen LogP) is 4.11. The summed E-state index contributed by atoms with van der Waals surface area (Å²) in [5.41, 5.74) is 2.34. The molecule has 0 aromatic carbocycles. The van der Waals surface area contributed by atoms with E-state index in [0.717, 1.165) is 18.0 Å². The zero-order valence-electron chi connectivity index (χ0n) is 12.6. The van der Waals surface area contributed by atoms with Crippen LogP contribution in [0.1, 0.15) is 35.0 Å². The first kappa shape index (κ1) is 14.7. The number of thiophene rings is 1. The summed E-state index contributed by atoms with van der Waals surface area (Å²) in [6.45, 7) is 0. The molecule has 4 rings (SSSR count). The molecule has 1 N–H and O–H groups in total. The van der Waals surface area contributed by atoms with E-state index in [1.54, 1.807) is 22.7 Å². The second-order valence-electron chi connectivity index (χ2n) is 5.70. The van der Waals surface area contributed by atoms with Crippen LogP contribution in [0.4, 0.5) is 5.13 Å². The summed E-state index contributed by atoms with van der Waals surface area (Å²) >= 11 is 3.28. The van der Waals surface area contributed by atoms with Gasteiger partial charge in [-0.05, 0) is 53.8 Å². The van der Waals surface area contributed by atoms with Crippen molar-refractivity contribution in [1.82, 2.24) is 9.55 Å². The van der Waals surface area contributed by atoms with E-state index in [2.05, 4.69) is 31.7 Å². The first-order valence-electron chi connectivity index (χ1n) is 7.72. The number of carbonyl (C=O) groups excluding carboxylic acids is 1. The van der Waals surface area contributed by atoms with Crippen LogP contribution in [0.5, 0.6) is 0 Å².